The van der Waals surface area contributed by atoms with Crippen molar-refractivity contribution < 1.29 is 9.84 Å². The van der Waals surface area contributed by atoms with Gasteiger partial charge in [-0.1, -0.05) is 0 Å². The van der Waals surface area contributed by atoms with E-state index in [-0.39, 0.29) is 11.8 Å². The molecule has 1 atom stereocenters. The fourth-order valence-electron chi connectivity index (χ4n) is 2.22. The molecule has 0 aliphatic carbocycles. The maximum atomic E-state index is 9.81. The van der Waals surface area contributed by atoms with Crippen LogP contribution in [0.4, 0.5) is 0 Å². The summed E-state index contributed by atoms with van der Waals surface area (Å²) in [5, 5.41) is 18.7. The van der Waals surface area contributed by atoms with Gasteiger partial charge >= 0.3 is 0 Å². The van der Waals surface area contributed by atoms with Crippen molar-refractivity contribution in [3.05, 3.63) is 29.3 Å². The fraction of sp³-hybridized carbons (Fsp3) is 0.462. The fourth-order valence-corrected chi connectivity index (χ4v) is 2.22. The number of phenols is 1. The van der Waals surface area contributed by atoms with Crippen molar-refractivity contribution in [2.24, 2.45) is 11.7 Å². The number of phenolic OH excluding ortho intramolecular Hbond substituents is 1. The lowest BCUT2D eigenvalue weighted by Crippen LogP contribution is -2.27. The minimum absolute atomic E-state index is 0.169. The number of nitrogens with two attached hydrogens (primary N) is 1. The third kappa shape index (κ3) is 2.57. The molecule has 0 saturated carbocycles. The van der Waals surface area contributed by atoms with Gasteiger partial charge in [-0.05, 0) is 37.0 Å². The molecule has 1 saturated heterocycles. The Bertz CT molecular complexity index is 434. The number of nitriles is 1. The van der Waals surface area contributed by atoms with Crippen LogP contribution < -0.4 is 5.73 Å². The van der Waals surface area contributed by atoms with Crippen molar-refractivity contribution >= 4 is 0 Å². The minimum Gasteiger partial charge on any atom is -0.508 e. The number of aromatic hydroxyl groups is 1. The molecule has 1 aromatic carbocycles. The Morgan fingerprint density at radius 3 is 2.76 bits per heavy atom. The monoisotopic (exact) mass is 232 g/mol. The summed E-state index contributed by atoms with van der Waals surface area (Å²) in [7, 11) is 0. The van der Waals surface area contributed by atoms with E-state index in [4.69, 9.17) is 15.7 Å². The molecule has 2 rings (SSSR count). The Morgan fingerprint density at radius 2 is 2.12 bits per heavy atom. The van der Waals surface area contributed by atoms with Gasteiger partial charge in [0.25, 0.3) is 0 Å². The van der Waals surface area contributed by atoms with Crippen LogP contribution in [0.15, 0.2) is 18.2 Å². The molecule has 1 fully saturated rings. The zero-order valence-corrected chi connectivity index (χ0v) is 9.60. The molecular weight excluding hydrogens is 216 g/mol. The van der Waals surface area contributed by atoms with Crippen molar-refractivity contribution in [2.75, 3.05) is 13.2 Å². The largest absolute Gasteiger partial charge is 0.508 e. The predicted molar refractivity (Wildman–Crippen MR) is 63.3 cm³/mol. The van der Waals surface area contributed by atoms with E-state index in [0.717, 1.165) is 26.1 Å². The van der Waals surface area contributed by atoms with Gasteiger partial charge in [0.05, 0.1) is 11.6 Å². The van der Waals surface area contributed by atoms with Crippen LogP contribution >= 0.6 is 0 Å². The molecule has 1 aliphatic heterocycles. The van der Waals surface area contributed by atoms with Crippen molar-refractivity contribution in [3.63, 3.8) is 0 Å². The standard InChI is InChI=1S/C13H16N2O2/c14-8-9-1-2-12(16)11(7-9)13(15)10-3-5-17-6-4-10/h1-2,7,10,13,16H,3-6,15H2/t13-/m1/s1. The summed E-state index contributed by atoms with van der Waals surface area (Å²) in [5.74, 6) is 0.478. The third-order valence-electron chi connectivity index (χ3n) is 3.29. The predicted octanol–water partition coefficient (Wildman–Crippen LogP) is 1.69. The zero-order valence-electron chi connectivity index (χ0n) is 9.60. The van der Waals surface area contributed by atoms with E-state index in [1.807, 2.05) is 0 Å². The molecule has 0 unspecified atom stereocenters. The molecule has 1 heterocycles. The number of hydrogen-bond acceptors (Lipinski definition) is 4. The first-order valence-electron chi connectivity index (χ1n) is 5.78. The maximum Gasteiger partial charge on any atom is 0.120 e. The lowest BCUT2D eigenvalue weighted by atomic mass is 9.87. The summed E-state index contributed by atoms with van der Waals surface area (Å²) in [5.41, 5.74) is 7.36. The van der Waals surface area contributed by atoms with E-state index >= 15 is 0 Å². The van der Waals surface area contributed by atoms with Crippen molar-refractivity contribution in [2.45, 2.75) is 18.9 Å². The van der Waals surface area contributed by atoms with Crippen LogP contribution in [0, 0.1) is 17.2 Å². The summed E-state index contributed by atoms with van der Waals surface area (Å²) in [6, 6.07) is 6.64. The van der Waals surface area contributed by atoms with Crippen molar-refractivity contribution in [1.29, 1.82) is 5.26 Å². The number of nitrogens with zero attached hydrogens (tertiary/aromatic N) is 1. The summed E-state index contributed by atoms with van der Waals surface area (Å²) >= 11 is 0. The lowest BCUT2D eigenvalue weighted by Gasteiger charge is -2.28. The van der Waals surface area contributed by atoms with Gasteiger partial charge < -0.3 is 15.6 Å². The normalized spacial score (nSPS) is 18.6. The van der Waals surface area contributed by atoms with Gasteiger partial charge in [0, 0.05) is 24.8 Å². The second kappa shape index (κ2) is 5.17. The molecule has 3 N–H and O–H groups in total. The van der Waals surface area contributed by atoms with E-state index in [1.165, 1.54) is 6.07 Å². The molecule has 1 aliphatic rings. The minimum atomic E-state index is -0.229. The Kier molecular flexibility index (Phi) is 3.62. The second-order valence-electron chi connectivity index (χ2n) is 4.36. The number of rotatable bonds is 2. The van der Waals surface area contributed by atoms with Gasteiger partial charge in [-0.2, -0.15) is 5.26 Å². The topological polar surface area (TPSA) is 79.3 Å². The lowest BCUT2D eigenvalue weighted by molar-refractivity contribution is 0.0581. The average molecular weight is 232 g/mol. The molecule has 0 bridgehead atoms. The van der Waals surface area contributed by atoms with Crippen LogP contribution in [0.1, 0.15) is 30.0 Å². The Labute approximate surface area is 101 Å². The van der Waals surface area contributed by atoms with E-state index in [0.29, 0.717) is 17.0 Å². The van der Waals surface area contributed by atoms with E-state index in [9.17, 15) is 5.11 Å². The second-order valence-corrected chi connectivity index (χ2v) is 4.36. The van der Waals surface area contributed by atoms with Crippen LogP contribution in [0.5, 0.6) is 5.75 Å². The van der Waals surface area contributed by atoms with Crippen LogP contribution in [0.25, 0.3) is 0 Å². The SMILES string of the molecule is N#Cc1ccc(O)c([C@H](N)C2CCOCC2)c1. The Morgan fingerprint density at radius 1 is 1.41 bits per heavy atom. The molecule has 90 valence electrons. The number of benzene rings is 1. The van der Waals surface area contributed by atoms with E-state index < -0.39 is 0 Å². The summed E-state index contributed by atoms with van der Waals surface area (Å²) < 4.78 is 5.29. The van der Waals surface area contributed by atoms with Gasteiger partial charge in [0.15, 0.2) is 0 Å². The van der Waals surface area contributed by atoms with E-state index in [2.05, 4.69) is 6.07 Å². The molecule has 0 spiro atoms. The highest BCUT2D eigenvalue weighted by atomic mass is 16.5. The molecule has 17 heavy (non-hydrogen) atoms. The van der Waals surface area contributed by atoms with Gasteiger partial charge in [-0.25, -0.2) is 0 Å². The van der Waals surface area contributed by atoms with Gasteiger partial charge in [-0.15, -0.1) is 0 Å². The Balaban J connectivity index is 2.23. The number of hydrogen-bond donors (Lipinski definition) is 2. The van der Waals surface area contributed by atoms with Gasteiger partial charge in [0.1, 0.15) is 5.75 Å². The van der Waals surface area contributed by atoms with Crippen LogP contribution in [0.3, 0.4) is 0 Å². The highest BCUT2D eigenvalue weighted by Crippen LogP contribution is 2.33. The first-order chi connectivity index (χ1) is 8.22. The molecular formula is C13H16N2O2. The molecule has 4 nitrogen and oxygen atoms in total. The van der Waals surface area contributed by atoms with Gasteiger partial charge in [0.2, 0.25) is 0 Å². The van der Waals surface area contributed by atoms with Crippen LogP contribution in [0.2, 0.25) is 0 Å². The maximum absolute atomic E-state index is 9.81. The number of ether oxygens (including phenoxy) is 1. The first kappa shape index (κ1) is 11.9. The average Bonchev–Trinajstić information content (AvgIpc) is 2.39. The molecule has 1 aromatic rings. The quantitative estimate of drug-likeness (QED) is 0.813. The van der Waals surface area contributed by atoms with Gasteiger partial charge in [-0.3, -0.25) is 0 Å². The smallest absolute Gasteiger partial charge is 0.120 e. The van der Waals surface area contributed by atoms with Crippen LogP contribution in [-0.2, 0) is 4.74 Å². The summed E-state index contributed by atoms with van der Waals surface area (Å²) in [4.78, 5) is 0. The molecule has 0 amide bonds. The highest BCUT2D eigenvalue weighted by Gasteiger charge is 2.24. The molecule has 0 radical (unpaired) electrons. The van der Waals surface area contributed by atoms with Crippen molar-refractivity contribution in [1.82, 2.24) is 0 Å². The van der Waals surface area contributed by atoms with Crippen LogP contribution in [-0.4, -0.2) is 18.3 Å². The molecule has 4 heteroatoms. The Hall–Kier alpha value is -1.57. The highest BCUT2D eigenvalue weighted by molar-refractivity contribution is 5.43. The third-order valence-corrected chi connectivity index (χ3v) is 3.29. The summed E-state index contributed by atoms with van der Waals surface area (Å²) in [6.07, 6.45) is 1.80. The first-order valence-corrected chi connectivity index (χ1v) is 5.78. The zero-order chi connectivity index (χ0) is 12.3. The van der Waals surface area contributed by atoms with E-state index in [1.54, 1.807) is 12.1 Å². The summed E-state index contributed by atoms with van der Waals surface area (Å²) in [6.45, 7) is 1.44. The van der Waals surface area contributed by atoms with Crippen molar-refractivity contribution in [3.8, 4) is 11.8 Å². The molecule has 0 aromatic heterocycles.